The first-order chi connectivity index (χ1) is 20.3. The number of allylic oxidation sites excluding steroid dienone is 1. The van der Waals surface area contributed by atoms with Gasteiger partial charge in [-0.15, -0.1) is 0 Å². The summed E-state index contributed by atoms with van der Waals surface area (Å²) < 4.78 is 41.5. The average Bonchev–Trinajstić information content (AvgIpc) is 2.99. The highest BCUT2D eigenvalue weighted by atomic mass is 19.1. The fraction of sp³-hybridized carbons (Fsp3) is 0.152. The van der Waals surface area contributed by atoms with Gasteiger partial charge in [0.2, 0.25) is 5.88 Å². The summed E-state index contributed by atoms with van der Waals surface area (Å²) in [6.07, 6.45) is 0. The third-order valence-electron chi connectivity index (χ3n) is 6.60. The quantitative estimate of drug-likeness (QED) is 0.196. The van der Waals surface area contributed by atoms with E-state index in [1.165, 1.54) is 19.2 Å². The van der Waals surface area contributed by atoms with E-state index < -0.39 is 11.9 Å². The van der Waals surface area contributed by atoms with E-state index in [2.05, 4.69) is 6.07 Å². The van der Waals surface area contributed by atoms with Crippen molar-refractivity contribution in [3.63, 3.8) is 0 Å². The highest BCUT2D eigenvalue weighted by Crippen LogP contribution is 2.45. The van der Waals surface area contributed by atoms with Crippen LogP contribution in [0.25, 0.3) is 0 Å². The maximum Gasteiger partial charge on any atom is 0.349 e. The van der Waals surface area contributed by atoms with Crippen molar-refractivity contribution in [2.24, 2.45) is 5.73 Å². The van der Waals surface area contributed by atoms with Crippen molar-refractivity contribution in [3.8, 4) is 34.8 Å². The number of methoxy groups -OCH3 is 1. The number of rotatable bonds is 9. The van der Waals surface area contributed by atoms with E-state index in [1.807, 2.05) is 31.2 Å². The molecule has 2 N–H and O–H groups in total. The van der Waals surface area contributed by atoms with Gasteiger partial charge in [0.1, 0.15) is 41.3 Å². The van der Waals surface area contributed by atoms with Crippen LogP contribution in [0.1, 0.15) is 28.2 Å². The van der Waals surface area contributed by atoms with E-state index in [0.717, 1.165) is 11.1 Å². The number of esters is 1. The van der Waals surface area contributed by atoms with Crippen molar-refractivity contribution in [3.05, 3.63) is 124 Å². The van der Waals surface area contributed by atoms with Crippen molar-refractivity contribution >= 4 is 5.97 Å². The van der Waals surface area contributed by atoms with Gasteiger partial charge < -0.3 is 29.4 Å². The molecule has 0 aliphatic carbocycles. The second-order valence-electron chi connectivity index (χ2n) is 9.53. The van der Waals surface area contributed by atoms with E-state index in [0.29, 0.717) is 34.1 Å². The van der Waals surface area contributed by atoms with Crippen molar-refractivity contribution in [2.75, 3.05) is 13.7 Å². The fourth-order valence-electron chi connectivity index (χ4n) is 4.58. The molecule has 1 unspecified atom stereocenters. The van der Waals surface area contributed by atoms with Crippen LogP contribution in [0.5, 0.6) is 28.7 Å². The molecule has 8 nitrogen and oxygen atoms in total. The number of nitriles is 1. The lowest BCUT2D eigenvalue weighted by Crippen LogP contribution is -2.22. The number of carbonyl (C=O) groups excluding carboxylic acids is 1. The summed E-state index contributed by atoms with van der Waals surface area (Å²) in [6.45, 7) is 1.86. The molecule has 1 heterocycles. The molecule has 0 spiro atoms. The van der Waals surface area contributed by atoms with Gasteiger partial charge in [-0.25, -0.2) is 9.18 Å². The molecule has 0 radical (unpaired) electrons. The summed E-state index contributed by atoms with van der Waals surface area (Å²) in [5, 5.41) is 9.94. The van der Waals surface area contributed by atoms with Gasteiger partial charge in [0, 0.05) is 11.6 Å². The zero-order valence-electron chi connectivity index (χ0n) is 22.9. The van der Waals surface area contributed by atoms with Crippen LogP contribution in [0.4, 0.5) is 4.39 Å². The summed E-state index contributed by atoms with van der Waals surface area (Å²) >= 11 is 0. The monoisotopic (exact) mass is 566 g/mol. The Labute approximate surface area is 242 Å². The van der Waals surface area contributed by atoms with E-state index in [-0.39, 0.29) is 36.2 Å². The molecule has 4 aromatic rings. The van der Waals surface area contributed by atoms with Gasteiger partial charge in [0.25, 0.3) is 0 Å². The maximum absolute atomic E-state index is 13.2. The SMILES string of the molecule is COc1cc(C2C(C#N)=C(N)Oc3cc(OC(=O)COc4cccc(C)c4)ccc32)ccc1OCc1ccc(F)cc1. The Morgan fingerprint density at radius 2 is 1.79 bits per heavy atom. The Bertz CT molecular complexity index is 1690. The van der Waals surface area contributed by atoms with E-state index in [9.17, 15) is 14.4 Å². The number of benzene rings is 4. The molecule has 1 atom stereocenters. The molecule has 9 heteroatoms. The van der Waals surface area contributed by atoms with Crippen molar-refractivity contribution in [2.45, 2.75) is 19.4 Å². The van der Waals surface area contributed by atoms with Crippen molar-refractivity contribution < 1.29 is 32.9 Å². The van der Waals surface area contributed by atoms with Crippen LogP contribution >= 0.6 is 0 Å². The van der Waals surface area contributed by atoms with Crippen LogP contribution in [-0.2, 0) is 11.4 Å². The second-order valence-corrected chi connectivity index (χ2v) is 9.53. The minimum atomic E-state index is -0.592. The highest BCUT2D eigenvalue weighted by molar-refractivity contribution is 5.74. The van der Waals surface area contributed by atoms with Crippen LogP contribution in [0.15, 0.2) is 96.4 Å². The van der Waals surface area contributed by atoms with E-state index in [4.69, 9.17) is 29.4 Å². The lowest BCUT2D eigenvalue weighted by molar-refractivity contribution is -0.136. The molecule has 5 rings (SSSR count). The normalized spacial score (nSPS) is 13.8. The lowest BCUT2D eigenvalue weighted by atomic mass is 9.83. The minimum absolute atomic E-state index is 0.0585. The van der Waals surface area contributed by atoms with Gasteiger partial charge in [-0.3, -0.25) is 0 Å². The van der Waals surface area contributed by atoms with Crippen molar-refractivity contribution in [1.29, 1.82) is 5.26 Å². The minimum Gasteiger partial charge on any atom is -0.493 e. The zero-order valence-corrected chi connectivity index (χ0v) is 22.9. The maximum atomic E-state index is 13.2. The molecule has 0 aromatic heterocycles. The summed E-state index contributed by atoms with van der Waals surface area (Å²) in [5.74, 6) is 0.512. The molecule has 0 saturated heterocycles. The van der Waals surface area contributed by atoms with Crippen LogP contribution in [0.3, 0.4) is 0 Å². The smallest absolute Gasteiger partial charge is 0.349 e. The highest BCUT2D eigenvalue weighted by Gasteiger charge is 2.32. The van der Waals surface area contributed by atoms with Gasteiger partial charge in [-0.1, -0.05) is 36.4 Å². The average molecular weight is 567 g/mol. The predicted molar refractivity (Wildman–Crippen MR) is 152 cm³/mol. The van der Waals surface area contributed by atoms with E-state index >= 15 is 0 Å². The van der Waals surface area contributed by atoms with E-state index in [1.54, 1.807) is 48.5 Å². The standard InChI is InChI=1S/C33H27FN2O6/c1-20-4-3-5-24(14-20)39-19-31(37)41-25-11-12-26-29(16-25)42-33(36)27(17-35)32(26)22-8-13-28(30(15-22)38-2)40-18-21-6-9-23(34)10-7-21/h3-16,32H,18-19,36H2,1-2H3. The van der Waals surface area contributed by atoms with Gasteiger partial charge in [0.05, 0.1) is 13.0 Å². The van der Waals surface area contributed by atoms with Crippen LogP contribution < -0.4 is 29.4 Å². The van der Waals surface area contributed by atoms with Crippen LogP contribution in [0, 0.1) is 24.1 Å². The summed E-state index contributed by atoms with van der Waals surface area (Å²) in [7, 11) is 1.51. The molecular formula is C33H27FN2O6. The Morgan fingerprint density at radius 1 is 0.976 bits per heavy atom. The first-order valence-corrected chi connectivity index (χ1v) is 13.0. The predicted octanol–water partition coefficient (Wildman–Crippen LogP) is 5.92. The molecule has 1 aliphatic rings. The molecule has 0 amide bonds. The molecule has 0 saturated carbocycles. The fourth-order valence-corrected chi connectivity index (χ4v) is 4.58. The lowest BCUT2D eigenvalue weighted by Gasteiger charge is -2.27. The zero-order chi connectivity index (χ0) is 29.6. The number of halogens is 1. The number of ether oxygens (including phenoxy) is 5. The number of nitrogens with two attached hydrogens (primary N) is 1. The Morgan fingerprint density at radius 3 is 2.52 bits per heavy atom. The Hall–Kier alpha value is -5.49. The molecule has 0 bridgehead atoms. The summed E-state index contributed by atoms with van der Waals surface area (Å²) in [5.41, 5.74) is 9.54. The van der Waals surface area contributed by atoms with Gasteiger partial charge in [-0.05, 0) is 66.1 Å². The first kappa shape index (κ1) is 28.1. The molecule has 0 fully saturated rings. The summed E-state index contributed by atoms with van der Waals surface area (Å²) in [6, 6.07) is 25.7. The topological polar surface area (TPSA) is 113 Å². The summed E-state index contributed by atoms with van der Waals surface area (Å²) in [4.78, 5) is 12.4. The Kier molecular flexibility index (Phi) is 8.25. The van der Waals surface area contributed by atoms with Gasteiger partial charge >= 0.3 is 5.97 Å². The molecular weight excluding hydrogens is 539 g/mol. The Balaban J connectivity index is 1.35. The number of hydrogen-bond donors (Lipinski definition) is 1. The van der Waals surface area contributed by atoms with Crippen LogP contribution in [-0.4, -0.2) is 19.7 Å². The molecule has 4 aromatic carbocycles. The number of fused-ring (bicyclic) bond motifs is 1. The second kappa shape index (κ2) is 12.4. The largest absolute Gasteiger partial charge is 0.493 e. The van der Waals surface area contributed by atoms with Crippen LogP contribution in [0.2, 0.25) is 0 Å². The molecule has 212 valence electrons. The third-order valence-corrected chi connectivity index (χ3v) is 6.60. The third kappa shape index (κ3) is 6.29. The van der Waals surface area contributed by atoms with Gasteiger partial charge in [-0.2, -0.15) is 5.26 Å². The number of aryl methyl sites for hydroxylation is 1. The number of carbonyl (C=O) groups is 1. The molecule has 1 aliphatic heterocycles. The first-order valence-electron chi connectivity index (χ1n) is 13.0. The van der Waals surface area contributed by atoms with Crippen molar-refractivity contribution in [1.82, 2.24) is 0 Å². The molecule has 42 heavy (non-hydrogen) atoms. The number of nitrogens with zero attached hydrogens (tertiary/aromatic N) is 1. The number of hydrogen-bond acceptors (Lipinski definition) is 8. The van der Waals surface area contributed by atoms with Gasteiger partial charge in [0.15, 0.2) is 18.1 Å².